The summed E-state index contributed by atoms with van der Waals surface area (Å²) in [5.41, 5.74) is 0.455. The second-order valence-corrected chi connectivity index (χ2v) is 10.7. The first-order chi connectivity index (χ1) is 12.9. The summed E-state index contributed by atoms with van der Waals surface area (Å²) >= 11 is 0. The lowest BCUT2D eigenvalue weighted by atomic mass is 9.87. The molecule has 8 heteroatoms. The molecule has 27 heavy (non-hydrogen) atoms. The zero-order chi connectivity index (χ0) is 19.1. The van der Waals surface area contributed by atoms with E-state index in [0.29, 0.717) is 5.69 Å². The lowest BCUT2D eigenvalue weighted by Gasteiger charge is -2.35. The average molecular weight is 407 g/mol. The fourth-order valence-electron chi connectivity index (χ4n) is 3.86. The van der Waals surface area contributed by atoms with Crippen LogP contribution in [0.2, 0.25) is 0 Å². The maximum Gasteiger partial charge on any atom is 0.244 e. The van der Waals surface area contributed by atoms with Gasteiger partial charge in [0.05, 0.1) is 21.6 Å². The predicted octanol–water partition coefficient (Wildman–Crippen LogP) is 3.13. The molecule has 1 unspecified atom stereocenters. The number of hydrogen-bond donors (Lipinski definition) is 2. The quantitative estimate of drug-likeness (QED) is 0.817. The SMILES string of the molecule is O=S1(=O)NC(C2CCCCC2)Nc2ccc(S(=O)(=O)c3ccccc3)cc21. The Bertz CT molecular complexity index is 1040. The molecule has 1 heterocycles. The van der Waals surface area contributed by atoms with Gasteiger partial charge in [-0.25, -0.2) is 16.8 Å². The second kappa shape index (κ2) is 6.92. The normalized spacial score (nSPS) is 22.6. The smallest absolute Gasteiger partial charge is 0.244 e. The molecule has 0 saturated heterocycles. The van der Waals surface area contributed by atoms with Gasteiger partial charge in [-0.15, -0.1) is 0 Å². The summed E-state index contributed by atoms with van der Waals surface area (Å²) in [6.07, 6.45) is 5.01. The van der Waals surface area contributed by atoms with Gasteiger partial charge in [-0.2, -0.15) is 4.72 Å². The van der Waals surface area contributed by atoms with Crippen molar-refractivity contribution in [3.05, 3.63) is 48.5 Å². The van der Waals surface area contributed by atoms with Crippen molar-refractivity contribution in [2.24, 2.45) is 5.92 Å². The topological polar surface area (TPSA) is 92.3 Å². The van der Waals surface area contributed by atoms with Crippen LogP contribution in [0.25, 0.3) is 0 Å². The molecule has 2 aromatic rings. The molecule has 2 aliphatic rings. The van der Waals surface area contributed by atoms with Crippen LogP contribution >= 0.6 is 0 Å². The Morgan fingerprint density at radius 2 is 1.59 bits per heavy atom. The Kier molecular flexibility index (Phi) is 4.73. The first-order valence-corrected chi connectivity index (χ1v) is 12.1. The molecule has 0 amide bonds. The summed E-state index contributed by atoms with van der Waals surface area (Å²) in [4.78, 5) is 0.0847. The van der Waals surface area contributed by atoms with Crippen molar-refractivity contribution in [1.29, 1.82) is 0 Å². The van der Waals surface area contributed by atoms with Gasteiger partial charge in [0, 0.05) is 0 Å². The number of sulfone groups is 1. The van der Waals surface area contributed by atoms with Gasteiger partial charge in [0.15, 0.2) is 0 Å². The van der Waals surface area contributed by atoms with Gasteiger partial charge in [0.2, 0.25) is 19.9 Å². The molecule has 0 aromatic heterocycles. The monoisotopic (exact) mass is 406 g/mol. The zero-order valence-corrected chi connectivity index (χ0v) is 16.4. The molecule has 1 saturated carbocycles. The summed E-state index contributed by atoms with van der Waals surface area (Å²) in [7, 11) is -7.56. The minimum atomic E-state index is -3.78. The highest BCUT2D eigenvalue weighted by Crippen LogP contribution is 2.35. The van der Waals surface area contributed by atoms with Crippen molar-refractivity contribution in [3.8, 4) is 0 Å². The Hall–Kier alpha value is -1.90. The van der Waals surface area contributed by atoms with Crippen LogP contribution in [0.1, 0.15) is 32.1 Å². The van der Waals surface area contributed by atoms with Crippen LogP contribution in [0.4, 0.5) is 5.69 Å². The van der Waals surface area contributed by atoms with Gasteiger partial charge in [-0.3, -0.25) is 0 Å². The molecular formula is C19H22N2O4S2. The van der Waals surface area contributed by atoms with E-state index in [4.69, 9.17) is 0 Å². The predicted molar refractivity (Wildman–Crippen MR) is 103 cm³/mol. The van der Waals surface area contributed by atoms with E-state index >= 15 is 0 Å². The molecule has 0 radical (unpaired) electrons. The molecule has 2 N–H and O–H groups in total. The Morgan fingerprint density at radius 3 is 2.30 bits per heavy atom. The second-order valence-electron chi connectivity index (χ2n) is 7.12. The molecule has 0 bridgehead atoms. The fourth-order valence-corrected chi connectivity index (χ4v) is 6.65. The maximum absolute atomic E-state index is 12.8. The van der Waals surface area contributed by atoms with Crippen molar-refractivity contribution in [2.45, 2.75) is 53.0 Å². The molecule has 2 aromatic carbocycles. The third-order valence-corrected chi connectivity index (χ3v) is 8.57. The maximum atomic E-state index is 12.8. The molecule has 1 aliphatic heterocycles. The molecular weight excluding hydrogens is 384 g/mol. The summed E-state index contributed by atoms with van der Waals surface area (Å²) in [5.74, 6) is 0.245. The van der Waals surface area contributed by atoms with Crippen molar-refractivity contribution >= 4 is 25.5 Å². The standard InChI is InChI=1S/C19H22N2O4S2/c22-26(23,15-9-5-2-6-10-15)16-11-12-17-18(13-16)27(24,25)21-19(20-17)14-7-3-1-4-8-14/h2,5-6,9-14,19-21H,1,3-4,7-8H2. The van der Waals surface area contributed by atoms with Gasteiger partial charge in [-0.1, -0.05) is 37.5 Å². The molecule has 6 nitrogen and oxygen atoms in total. The number of hydrogen-bond acceptors (Lipinski definition) is 5. The minimum Gasteiger partial charge on any atom is -0.368 e. The first-order valence-electron chi connectivity index (χ1n) is 9.11. The van der Waals surface area contributed by atoms with Crippen molar-refractivity contribution in [3.63, 3.8) is 0 Å². The minimum absolute atomic E-state index is 0.0217. The average Bonchev–Trinajstić information content (AvgIpc) is 2.68. The van der Waals surface area contributed by atoms with Crippen LogP contribution in [0, 0.1) is 5.92 Å². The van der Waals surface area contributed by atoms with Gasteiger partial charge in [0.25, 0.3) is 0 Å². The number of sulfonamides is 1. The first kappa shape index (κ1) is 18.5. The number of rotatable bonds is 3. The molecule has 1 aliphatic carbocycles. The fraction of sp³-hybridized carbons (Fsp3) is 0.368. The van der Waals surface area contributed by atoms with E-state index in [1.54, 1.807) is 24.3 Å². The van der Waals surface area contributed by atoms with Crippen LogP contribution < -0.4 is 10.0 Å². The van der Waals surface area contributed by atoms with E-state index in [1.807, 2.05) is 0 Å². The molecule has 1 fully saturated rings. The third kappa shape index (κ3) is 3.49. The van der Waals surface area contributed by atoms with Crippen molar-refractivity contribution in [2.75, 3.05) is 5.32 Å². The highest BCUT2D eigenvalue weighted by Gasteiger charge is 2.35. The highest BCUT2D eigenvalue weighted by molar-refractivity contribution is 7.91. The summed E-state index contributed by atoms with van der Waals surface area (Å²) < 4.78 is 53.9. The Balaban J connectivity index is 1.71. The van der Waals surface area contributed by atoms with Crippen LogP contribution in [0.5, 0.6) is 0 Å². The highest BCUT2D eigenvalue weighted by atomic mass is 32.2. The van der Waals surface area contributed by atoms with E-state index in [0.717, 1.165) is 25.7 Å². The number of benzene rings is 2. The van der Waals surface area contributed by atoms with Crippen LogP contribution in [-0.2, 0) is 19.9 Å². The van der Waals surface area contributed by atoms with Gasteiger partial charge < -0.3 is 5.32 Å². The van der Waals surface area contributed by atoms with Gasteiger partial charge >= 0.3 is 0 Å². The van der Waals surface area contributed by atoms with Crippen LogP contribution in [0.3, 0.4) is 0 Å². The number of anilines is 1. The number of nitrogens with one attached hydrogen (secondary N) is 2. The van der Waals surface area contributed by atoms with Gasteiger partial charge in [0.1, 0.15) is 4.90 Å². The lowest BCUT2D eigenvalue weighted by molar-refractivity contribution is 0.306. The Morgan fingerprint density at radius 1 is 0.889 bits per heavy atom. The van der Waals surface area contributed by atoms with Gasteiger partial charge in [-0.05, 0) is 49.1 Å². The molecule has 1 atom stereocenters. The van der Waals surface area contributed by atoms with Crippen molar-refractivity contribution in [1.82, 2.24) is 4.72 Å². The molecule has 144 valence electrons. The molecule has 0 spiro atoms. The summed E-state index contributed by atoms with van der Waals surface area (Å²) in [5, 5.41) is 3.26. The largest absolute Gasteiger partial charge is 0.368 e. The zero-order valence-electron chi connectivity index (χ0n) is 14.8. The van der Waals surface area contributed by atoms with Crippen LogP contribution in [0.15, 0.2) is 63.2 Å². The van der Waals surface area contributed by atoms with E-state index in [2.05, 4.69) is 10.0 Å². The summed E-state index contributed by atoms with van der Waals surface area (Å²) in [6.45, 7) is 0. The Labute approximate surface area is 160 Å². The van der Waals surface area contributed by atoms with E-state index < -0.39 is 19.9 Å². The van der Waals surface area contributed by atoms with E-state index in [9.17, 15) is 16.8 Å². The molecule has 4 rings (SSSR count). The van der Waals surface area contributed by atoms with Crippen LogP contribution in [-0.4, -0.2) is 23.0 Å². The number of fused-ring (bicyclic) bond motifs is 1. The van der Waals surface area contributed by atoms with E-state index in [-0.39, 0.29) is 26.8 Å². The van der Waals surface area contributed by atoms with Crippen molar-refractivity contribution < 1.29 is 16.8 Å². The summed E-state index contributed by atoms with van der Waals surface area (Å²) in [6, 6.07) is 12.3. The lowest BCUT2D eigenvalue weighted by Crippen LogP contribution is -2.49. The third-order valence-electron chi connectivity index (χ3n) is 5.32. The van der Waals surface area contributed by atoms with E-state index in [1.165, 1.54) is 30.7 Å².